The first kappa shape index (κ1) is 14.5. The molecule has 0 fully saturated rings. The van der Waals surface area contributed by atoms with Gasteiger partial charge >= 0.3 is 0 Å². The van der Waals surface area contributed by atoms with Gasteiger partial charge in [-0.05, 0) is 42.8 Å². The summed E-state index contributed by atoms with van der Waals surface area (Å²) in [5, 5.41) is 0.377. The predicted octanol–water partition coefficient (Wildman–Crippen LogP) is 4.17. The van der Waals surface area contributed by atoms with Crippen LogP contribution in [0.2, 0.25) is 0 Å². The van der Waals surface area contributed by atoms with Gasteiger partial charge in [0.1, 0.15) is 0 Å². The Morgan fingerprint density at radius 1 is 1.14 bits per heavy atom. The van der Waals surface area contributed by atoms with E-state index in [2.05, 4.69) is 25.6 Å². The number of rotatable bonds is 3. The van der Waals surface area contributed by atoms with Crippen molar-refractivity contribution in [3.63, 3.8) is 0 Å². The number of halogens is 1. The molecule has 0 radical (unpaired) electrons. The molecule has 4 nitrogen and oxygen atoms in total. The Hall–Kier alpha value is -1.44. The zero-order valence-corrected chi connectivity index (χ0v) is 14.2. The van der Waals surface area contributed by atoms with E-state index in [0.717, 1.165) is 20.3 Å². The smallest absolute Gasteiger partial charge is 0.255 e. The molecule has 0 spiro atoms. The van der Waals surface area contributed by atoms with E-state index in [0.29, 0.717) is 5.13 Å². The van der Waals surface area contributed by atoms with Gasteiger partial charge in [0, 0.05) is 4.47 Å². The SMILES string of the molecule is Cc1cccc2sc(NS(=O)(=O)c3ccc(Br)cc3)nc12. The second-order valence-electron chi connectivity index (χ2n) is 4.50. The second kappa shape index (κ2) is 5.40. The molecule has 3 rings (SSSR count). The normalized spacial score (nSPS) is 11.7. The first-order valence-corrected chi connectivity index (χ1v) is 9.19. The molecule has 21 heavy (non-hydrogen) atoms. The van der Waals surface area contributed by atoms with E-state index in [1.54, 1.807) is 24.3 Å². The van der Waals surface area contributed by atoms with Crippen LogP contribution in [0, 0.1) is 6.92 Å². The highest BCUT2D eigenvalue weighted by Crippen LogP contribution is 2.29. The van der Waals surface area contributed by atoms with Crippen molar-refractivity contribution in [2.24, 2.45) is 0 Å². The molecule has 108 valence electrons. The molecule has 0 aliphatic heterocycles. The fourth-order valence-corrected chi connectivity index (χ4v) is 4.36. The maximum absolute atomic E-state index is 12.3. The van der Waals surface area contributed by atoms with Crippen LogP contribution in [0.4, 0.5) is 5.13 Å². The number of hydrogen-bond donors (Lipinski definition) is 1. The van der Waals surface area contributed by atoms with Crippen molar-refractivity contribution >= 4 is 52.6 Å². The Labute approximate surface area is 135 Å². The van der Waals surface area contributed by atoms with Crippen LogP contribution >= 0.6 is 27.3 Å². The third-order valence-electron chi connectivity index (χ3n) is 2.97. The van der Waals surface area contributed by atoms with Gasteiger partial charge in [0.15, 0.2) is 5.13 Å². The summed E-state index contributed by atoms with van der Waals surface area (Å²) in [5.41, 5.74) is 1.86. The molecule has 7 heteroatoms. The van der Waals surface area contributed by atoms with E-state index in [-0.39, 0.29) is 4.90 Å². The average molecular weight is 383 g/mol. The summed E-state index contributed by atoms with van der Waals surface area (Å²) in [5.74, 6) is 0. The maximum atomic E-state index is 12.3. The molecule has 0 saturated carbocycles. The van der Waals surface area contributed by atoms with Crippen molar-refractivity contribution < 1.29 is 8.42 Å². The van der Waals surface area contributed by atoms with Crippen LogP contribution in [0.25, 0.3) is 10.2 Å². The molecule has 0 aliphatic rings. The molecular formula is C14H11BrN2O2S2. The van der Waals surface area contributed by atoms with Crippen molar-refractivity contribution in [1.29, 1.82) is 0 Å². The van der Waals surface area contributed by atoms with E-state index in [1.807, 2.05) is 25.1 Å². The predicted molar refractivity (Wildman–Crippen MR) is 89.3 cm³/mol. The fourth-order valence-electron chi connectivity index (χ4n) is 1.92. The minimum atomic E-state index is -3.61. The third kappa shape index (κ3) is 2.95. The van der Waals surface area contributed by atoms with E-state index < -0.39 is 10.0 Å². The molecular weight excluding hydrogens is 372 g/mol. The number of thiazole rings is 1. The lowest BCUT2D eigenvalue weighted by Gasteiger charge is -2.04. The Kier molecular flexibility index (Phi) is 3.73. The van der Waals surface area contributed by atoms with Crippen LogP contribution in [0.15, 0.2) is 51.8 Å². The largest absolute Gasteiger partial charge is 0.263 e. The van der Waals surface area contributed by atoms with Crippen LogP contribution in [0.3, 0.4) is 0 Å². The van der Waals surface area contributed by atoms with Gasteiger partial charge in [0.2, 0.25) is 0 Å². The topological polar surface area (TPSA) is 59.1 Å². The summed E-state index contributed by atoms with van der Waals surface area (Å²) in [6.45, 7) is 1.95. The Morgan fingerprint density at radius 3 is 2.52 bits per heavy atom. The van der Waals surface area contributed by atoms with E-state index in [9.17, 15) is 8.42 Å². The summed E-state index contributed by atoms with van der Waals surface area (Å²) in [6, 6.07) is 12.3. The first-order chi connectivity index (χ1) is 9.95. The molecule has 0 aliphatic carbocycles. The van der Waals surface area contributed by atoms with Crippen LogP contribution in [0.5, 0.6) is 0 Å². The number of hydrogen-bond acceptors (Lipinski definition) is 4. The van der Waals surface area contributed by atoms with Gasteiger partial charge in [-0.25, -0.2) is 13.4 Å². The van der Waals surface area contributed by atoms with Crippen LogP contribution in [0.1, 0.15) is 5.56 Å². The molecule has 1 heterocycles. The van der Waals surface area contributed by atoms with Crippen molar-refractivity contribution in [3.05, 3.63) is 52.5 Å². The number of fused-ring (bicyclic) bond motifs is 1. The number of nitrogens with one attached hydrogen (secondary N) is 1. The molecule has 0 unspecified atom stereocenters. The van der Waals surface area contributed by atoms with E-state index in [4.69, 9.17) is 0 Å². The second-order valence-corrected chi connectivity index (χ2v) is 8.13. The van der Waals surface area contributed by atoms with E-state index in [1.165, 1.54) is 11.3 Å². The summed E-state index contributed by atoms with van der Waals surface area (Å²) in [7, 11) is -3.61. The first-order valence-electron chi connectivity index (χ1n) is 6.10. The fraction of sp³-hybridized carbons (Fsp3) is 0.0714. The standard InChI is InChI=1S/C14H11BrN2O2S2/c1-9-3-2-4-12-13(9)16-14(20-12)17-21(18,19)11-7-5-10(15)6-8-11/h2-8H,1H3,(H,16,17). The van der Waals surface area contributed by atoms with Gasteiger partial charge in [-0.2, -0.15) is 0 Å². The lowest BCUT2D eigenvalue weighted by molar-refractivity contribution is 0.601. The molecule has 2 aromatic carbocycles. The van der Waals surface area contributed by atoms with Gasteiger partial charge in [-0.3, -0.25) is 4.72 Å². The number of benzene rings is 2. The van der Waals surface area contributed by atoms with Gasteiger partial charge < -0.3 is 0 Å². The molecule has 1 aromatic heterocycles. The summed E-state index contributed by atoms with van der Waals surface area (Å²) >= 11 is 4.61. The lowest BCUT2D eigenvalue weighted by atomic mass is 10.2. The molecule has 0 atom stereocenters. The highest BCUT2D eigenvalue weighted by atomic mass is 79.9. The number of sulfonamides is 1. The highest BCUT2D eigenvalue weighted by molar-refractivity contribution is 9.10. The molecule has 3 aromatic rings. The number of nitrogens with zero attached hydrogens (tertiary/aromatic N) is 1. The summed E-state index contributed by atoms with van der Waals surface area (Å²) < 4.78 is 29.0. The number of aromatic nitrogens is 1. The van der Waals surface area contributed by atoms with Crippen LogP contribution in [-0.4, -0.2) is 13.4 Å². The third-order valence-corrected chi connectivity index (χ3v) is 5.92. The summed E-state index contributed by atoms with van der Waals surface area (Å²) in [4.78, 5) is 4.57. The van der Waals surface area contributed by atoms with Crippen molar-refractivity contribution in [1.82, 2.24) is 4.98 Å². The van der Waals surface area contributed by atoms with Crippen molar-refractivity contribution in [3.8, 4) is 0 Å². The van der Waals surface area contributed by atoms with Crippen molar-refractivity contribution in [2.45, 2.75) is 11.8 Å². The Balaban J connectivity index is 1.97. The van der Waals surface area contributed by atoms with Gasteiger partial charge in [0.05, 0.1) is 15.1 Å². The van der Waals surface area contributed by atoms with Crippen LogP contribution in [-0.2, 0) is 10.0 Å². The zero-order chi connectivity index (χ0) is 15.0. The monoisotopic (exact) mass is 382 g/mol. The van der Waals surface area contributed by atoms with Gasteiger partial charge in [-0.15, -0.1) is 0 Å². The highest BCUT2D eigenvalue weighted by Gasteiger charge is 2.16. The number of para-hydroxylation sites is 1. The molecule has 1 N–H and O–H groups in total. The molecule has 0 bridgehead atoms. The number of aryl methyl sites for hydroxylation is 1. The van der Waals surface area contributed by atoms with Gasteiger partial charge in [0.25, 0.3) is 10.0 Å². The minimum absolute atomic E-state index is 0.210. The Morgan fingerprint density at radius 2 is 1.86 bits per heavy atom. The Bertz CT molecular complexity index is 902. The quantitative estimate of drug-likeness (QED) is 0.739. The maximum Gasteiger partial charge on any atom is 0.263 e. The van der Waals surface area contributed by atoms with Gasteiger partial charge in [-0.1, -0.05) is 39.4 Å². The summed E-state index contributed by atoms with van der Waals surface area (Å²) in [6.07, 6.45) is 0. The average Bonchev–Trinajstić information content (AvgIpc) is 2.82. The minimum Gasteiger partial charge on any atom is -0.255 e. The van der Waals surface area contributed by atoms with E-state index >= 15 is 0 Å². The van der Waals surface area contributed by atoms with Crippen LogP contribution < -0.4 is 4.72 Å². The molecule has 0 saturated heterocycles. The lowest BCUT2D eigenvalue weighted by Crippen LogP contribution is -2.12. The van der Waals surface area contributed by atoms with Crippen molar-refractivity contribution in [2.75, 3.05) is 4.72 Å². The number of anilines is 1. The molecule has 0 amide bonds. The zero-order valence-electron chi connectivity index (χ0n) is 11.0.